The molecule has 0 atom stereocenters. The maximum absolute atomic E-state index is 12.9. The Bertz CT molecular complexity index is 1120. The average Bonchev–Trinajstić information content (AvgIpc) is 2.75. The van der Waals surface area contributed by atoms with Gasteiger partial charge in [-0.3, -0.25) is 9.69 Å². The molecule has 4 heterocycles. The fourth-order valence-corrected chi connectivity index (χ4v) is 6.33. The van der Waals surface area contributed by atoms with Crippen molar-refractivity contribution >= 4 is 21.8 Å². The number of carbonyl (C=O) groups is 2. The highest BCUT2D eigenvalue weighted by Crippen LogP contribution is 2.42. The predicted octanol–water partition coefficient (Wildman–Crippen LogP) is 1.20. The third-order valence-corrected chi connectivity index (χ3v) is 8.92. The Morgan fingerprint density at radius 3 is 2.37 bits per heavy atom. The van der Waals surface area contributed by atoms with E-state index < -0.39 is 25.8 Å². The van der Waals surface area contributed by atoms with E-state index >= 15 is 0 Å². The quantitative estimate of drug-likeness (QED) is 0.649. The maximum atomic E-state index is 12.9. The number of likely N-dealkylation sites (tertiary alicyclic amines) is 3. The number of sulfone groups is 1. The van der Waals surface area contributed by atoms with Gasteiger partial charge in [0.2, 0.25) is 5.91 Å². The van der Waals surface area contributed by atoms with Crippen LogP contribution in [0.5, 0.6) is 0 Å². The predicted molar refractivity (Wildman–Crippen MR) is 117 cm³/mol. The molecule has 4 aliphatic rings. The zero-order valence-corrected chi connectivity index (χ0v) is 19.8. The monoisotopic (exact) mass is 516 g/mol. The van der Waals surface area contributed by atoms with E-state index in [0.29, 0.717) is 58.0 Å². The number of nitrogens with zero attached hydrogens (tertiary/aromatic N) is 3. The molecule has 3 amide bonds. The van der Waals surface area contributed by atoms with E-state index in [4.69, 9.17) is 4.74 Å². The minimum absolute atomic E-state index is 0.0359. The second-order valence-corrected chi connectivity index (χ2v) is 12.1. The first-order valence-corrected chi connectivity index (χ1v) is 12.9. The number of carbonyl (C=O) groups excluding carboxylic acids is 2. The second kappa shape index (κ2) is 8.34. The molecule has 13 heteroatoms. The summed E-state index contributed by atoms with van der Waals surface area (Å²) in [5.41, 5.74) is -5.23. The fourth-order valence-electron chi connectivity index (χ4n) is 5.50. The zero-order chi connectivity index (χ0) is 25.1. The van der Waals surface area contributed by atoms with E-state index in [9.17, 15) is 31.2 Å². The van der Waals surface area contributed by atoms with Gasteiger partial charge >= 0.3 is 11.5 Å². The summed E-state index contributed by atoms with van der Waals surface area (Å²) in [6, 6.07) is 4.98. The fraction of sp³-hybridized carbons (Fsp3) is 0.636. The molecule has 1 N–H and O–H groups in total. The SMILES string of the molecule is O=C1COCC2(CN(C(=O)N3CC4(CCN(Cc5cccc(S(=O)(=O)C(F)(F)F)c5)CC4)C3)C2)N1. The van der Waals surface area contributed by atoms with E-state index in [1.807, 2.05) is 4.90 Å². The third-order valence-electron chi connectivity index (χ3n) is 7.43. The van der Waals surface area contributed by atoms with Gasteiger partial charge in [-0.2, -0.15) is 13.2 Å². The number of hydrogen-bond donors (Lipinski definition) is 1. The van der Waals surface area contributed by atoms with Crippen LogP contribution in [0.4, 0.5) is 18.0 Å². The van der Waals surface area contributed by atoms with Gasteiger partial charge in [0.15, 0.2) is 0 Å². The largest absolute Gasteiger partial charge is 0.501 e. The Morgan fingerprint density at radius 2 is 1.74 bits per heavy atom. The number of halogens is 3. The van der Waals surface area contributed by atoms with Crippen molar-refractivity contribution in [3.63, 3.8) is 0 Å². The molecule has 1 aromatic carbocycles. The van der Waals surface area contributed by atoms with E-state index in [-0.39, 0.29) is 24.0 Å². The Labute approximate surface area is 201 Å². The first kappa shape index (κ1) is 24.3. The number of rotatable bonds is 3. The van der Waals surface area contributed by atoms with E-state index in [2.05, 4.69) is 10.2 Å². The van der Waals surface area contributed by atoms with E-state index in [0.717, 1.165) is 25.0 Å². The van der Waals surface area contributed by atoms with Crippen molar-refractivity contribution in [3.8, 4) is 0 Å². The lowest BCUT2D eigenvalue weighted by molar-refractivity contribution is -0.142. The van der Waals surface area contributed by atoms with Gasteiger partial charge in [0.1, 0.15) is 6.61 Å². The number of piperidine rings is 1. The summed E-state index contributed by atoms with van der Waals surface area (Å²) in [4.78, 5) is 29.3. The standard InChI is InChI=1S/C22H27F3N4O5S/c23-22(24,25)35(32,33)17-3-1-2-16(8-17)9-27-6-4-20(5-7-27)11-28(12-20)19(31)29-13-21(14-29)15-34-10-18(30)26-21/h1-3,8H,4-7,9-15H2,(H,26,30). The number of ether oxygens (including phenoxy) is 1. The molecule has 1 aromatic rings. The summed E-state index contributed by atoms with van der Waals surface area (Å²) in [6.45, 7) is 4.46. The number of amides is 3. The van der Waals surface area contributed by atoms with Gasteiger partial charge in [0.25, 0.3) is 9.84 Å². The molecule has 5 rings (SSSR count). The first-order chi connectivity index (χ1) is 16.4. The topological polar surface area (TPSA) is 99.3 Å². The summed E-state index contributed by atoms with van der Waals surface area (Å²) in [5, 5.41) is 2.92. The van der Waals surface area contributed by atoms with Crippen molar-refractivity contribution in [2.75, 3.05) is 52.5 Å². The third kappa shape index (κ3) is 4.49. The van der Waals surface area contributed by atoms with Gasteiger partial charge in [0, 0.05) is 38.1 Å². The van der Waals surface area contributed by atoms with Gasteiger partial charge in [-0.05, 0) is 43.6 Å². The maximum Gasteiger partial charge on any atom is 0.501 e. The van der Waals surface area contributed by atoms with Crippen LogP contribution < -0.4 is 5.32 Å². The summed E-state index contributed by atoms with van der Waals surface area (Å²) < 4.78 is 67.3. The highest BCUT2D eigenvalue weighted by Gasteiger charge is 2.53. The molecule has 2 spiro atoms. The average molecular weight is 517 g/mol. The Balaban J connectivity index is 1.10. The molecule has 0 aromatic heterocycles. The molecule has 4 saturated heterocycles. The summed E-state index contributed by atoms with van der Waals surface area (Å²) in [7, 11) is -5.37. The molecule has 4 fully saturated rings. The molecule has 0 radical (unpaired) electrons. The molecular weight excluding hydrogens is 489 g/mol. The van der Waals surface area contributed by atoms with Gasteiger partial charge in [-0.1, -0.05) is 12.1 Å². The van der Waals surface area contributed by atoms with Crippen LogP contribution in [-0.4, -0.2) is 98.6 Å². The van der Waals surface area contributed by atoms with Crippen molar-refractivity contribution in [2.24, 2.45) is 5.41 Å². The number of benzene rings is 1. The summed E-state index contributed by atoms with van der Waals surface area (Å²) in [6.07, 6.45) is 1.70. The van der Waals surface area contributed by atoms with Crippen molar-refractivity contribution < 1.29 is 35.9 Å². The number of hydrogen-bond acceptors (Lipinski definition) is 6. The van der Waals surface area contributed by atoms with Crippen LogP contribution in [0.1, 0.15) is 18.4 Å². The van der Waals surface area contributed by atoms with Crippen LogP contribution in [0.3, 0.4) is 0 Å². The normalized spacial score (nSPS) is 24.1. The van der Waals surface area contributed by atoms with Crippen molar-refractivity contribution in [1.29, 1.82) is 0 Å². The number of morpholine rings is 1. The minimum Gasteiger partial charge on any atom is -0.369 e. The molecule has 4 aliphatic heterocycles. The van der Waals surface area contributed by atoms with Crippen molar-refractivity contribution in [1.82, 2.24) is 20.0 Å². The Kier molecular flexibility index (Phi) is 5.80. The van der Waals surface area contributed by atoms with E-state index in [1.54, 1.807) is 11.0 Å². The smallest absolute Gasteiger partial charge is 0.369 e. The molecule has 192 valence electrons. The molecule has 0 saturated carbocycles. The number of nitrogens with one attached hydrogen (secondary N) is 1. The van der Waals surface area contributed by atoms with Crippen LogP contribution in [0, 0.1) is 5.41 Å². The second-order valence-electron chi connectivity index (χ2n) is 10.2. The molecular formula is C22H27F3N4O5S. The summed E-state index contributed by atoms with van der Waals surface area (Å²) in [5.74, 6) is -0.160. The van der Waals surface area contributed by atoms with Gasteiger partial charge < -0.3 is 19.9 Å². The van der Waals surface area contributed by atoms with Gasteiger partial charge in [0.05, 0.1) is 17.0 Å². The number of alkyl halides is 3. The van der Waals surface area contributed by atoms with Crippen molar-refractivity contribution in [2.45, 2.75) is 35.3 Å². The molecule has 0 unspecified atom stereocenters. The van der Waals surface area contributed by atoms with Crippen molar-refractivity contribution in [3.05, 3.63) is 29.8 Å². The van der Waals surface area contributed by atoms with Crippen LogP contribution >= 0.6 is 0 Å². The van der Waals surface area contributed by atoms with Gasteiger partial charge in [-0.25, -0.2) is 13.2 Å². The Morgan fingerprint density at radius 1 is 1.09 bits per heavy atom. The molecule has 35 heavy (non-hydrogen) atoms. The highest BCUT2D eigenvalue weighted by molar-refractivity contribution is 7.92. The van der Waals surface area contributed by atoms with Gasteiger partial charge in [-0.15, -0.1) is 0 Å². The molecule has 9 nitrogen and oxygen atoms in total. The molecule has 0 aliphatic carbocycles. The molecule has 0 bridgehead atoms. The first-order valence-electron chi connectivity index (χ1n) is 11.5. The highest BCUT2D eigenvalue weighted by atomic mass is 32.2. The lowest BCUT2D eigenvalue weighted by Crippen LogP contribution is -2.77. The van der Waals surface area contributed by atoms with Crippen LogP contribution in [0.15, 0.2) is 29.2 Å². The minimum atomic E-state index is -5.37. The van der Waals surface area contributed by atoms with Crippen LogP contribution in [0.25, 0.3) is 0 Å². The Hall–Kier alpha value is -2.38. The van der Waals surface area contributed by atoms with Crippen LogP contribution in [-0.2, 0) is 25.9 Å². The summed E-state index contributed by atoms with van der Waals surface area (Å²) >= 11 is 0. The van der Waals surface area contributed by atoms with Crippen LogP contribution in [0.2, 0.25) is 0 Å². The lowest BCUT2D eigenvalue weighted by Gasteiger charge is -2.58. The lowest BCUT2D eigenvalue weighted by atomic mass is 9.72. The number of urea groups is 1. The zero-order valence-electron chi connectivity index (χ0n) is 19.0. The van der Waals surface area contributed by atoms with E-state index in [1.165, 1.54) is 6.07 Å².